The van der Waals surface area contributed by atoms with Gasteiger partial charge in [-0.15, -0.1) is 0 Å². The van der Waals surface area contributed by atoms with Crippen molar-refractivity contribution in [3.8, 4) is 0 Å². The number of benzene rings is 2. The smallest absolute Gasteiger partial charge is 0.227 e. The topological polar surface area (TPSA) is 41.1 Å². The Morgan fingerprint density at radius 3 is 2.50 bits per heavy atom. The summed E-state index contributed by atoms with van der Waals surface area (Å²) >= 11 is 0. The standard InChI is InChI=1S/C22H26N4/c1-17-12-15-26(16-13-17)22-24-20-10-6-5-9-19(20)21(25-22)23-14-11-18-7-3-2-4-8-18/h2-10,17H,11-16H2,1H3,(H,23,24,25). The Kier molecular flexibility index (Phi) is 5.00. The summed E-state index contributed by atoms with van der Waals surface area (Å²) in [7, 11) is 0. The first-order valence-electron chi connectivity index (χ1n) is 9.59. The summed E-state index contributed by atoms with van der Waals surface area (Å²) in [4.78, 5) is 12.0. The molecule has 1 aromatic heterocycles. The summed E-state index contributed by atoms with van der Waals surface area (Å²) in [6.45, 7) is 5.28. The molecule has 1 saturated heterocycles. The second kappa shape index (κ2) is 7.73. The molecule has 0 bridgehead atoms. The minimum Gasteiger partial charge on any atom is -0.369 e. The van der Waals surface area contributed by atoms with Crippen molar-refractivity contribution in [3.63, 3.8) is 0 Å². The minimum atomic E-state index is 0.801. The molecule has 4 heteroatoms. The second-order valence-electron chi connectivity index (χ2n) is 7.22. The Morgan fingerprint density at radius 1 is 0.962 bits per heavy atom. The number of rotatable bonds is 5. The van der Waals surface area contributed by atoms with Gasteiger partial charge in [0.15, 0.2) is 0 Å². The van der Waals surface area contributed by atoms with Gasteiger partial charge in [0, 0.05) is 25.0 Å². The molecule has 4 rings (SSSR count). The number of fused-ring (bicyclic) bond motifs is 1. The molecule has 1 aliphatic rings. The summed E-state index contributed by atoms with van der Waals surface area (Å²) in [6.07, 6.45) is 3.41. The molecule has 2 heterocycles. The number of nitrogens with zero attached hydrogens (tertiary/aromatic N) is 3. The molecule has 26 heavy (non-hydrogen) atoms. The van der Waals surface area contributed by atoms with Crippen molar-refractivity contribution in [3.05, 3.63) is 60.2 Å². The van der Waals surface area contributed by atoms with E-state index >= 15 is 0 Å². The van der Waals surface area contributed by atoms with Crippen LogP contribution in [0.1, 0.15) is 25.3 Å². The average molecular weight is 346 g/mol. The monoisotopic (exact) mass is 346 g/mol. The van der Waals surface area contributed by atoms with E-state index in [1.54, 1.807) is 0 Å². The zero-order chi connectivity index (χ0) is 17.8. The van der Waals surface area contributed by atoms with Crippen LogP contribution in [0.2, 0.25) is 0 Å². The van der Waals surface area contributed by atoms with E-state index in [0.29, 0.717) is 0 Å². The lowest BCUT2D eigenvalue weighted by molar-refractivity contribution is 0.435. The Labute approximate surface area is 155 Å². The normalized spacial score (nSPS) is 15.3. The third-order valence-electron chi connectivity index (χ3n) is 5.21. The van der Waals surface area contributed by atoms with Gasteiger partial charge in [-0.1, -0.05) is 49.4 Å². The summed E-state index contributed by atoms with van der Waals surface area (Å²) in [6, 6.07) is 18.8. The third kappa shape index (κ3) is 3.79. The number of piperidine rings is 1. The largest absolute Gasteiger partial charge is 0.369 e. The number of hydrogen-bond acceptors (Lipinski definition) is 4. The molecule has 134 valence electrons. The second-order valence-corrected chi connectivity index (χ2v) is 7.22. The van der Waals surface area contributed by atoms with E-state index in [9.17, 15) is 0 Å². The molecule has 0 amide bonds. The van der Waals surface area contributed by atoms with Gasteiger partial charge in [0.2, 0.25) is 5.95 Å². The number of hydrogen-bond donors (Lipinski definition) is 1. The van der Waals surface area contributed by atoms with E-state index in [1.807, 2.05) is 6.07 Å². The van der Waals surface area contributed by atoms with Gasteiger partial charge in [0.05, 0.1) is 5.52 Å². The highest BCUT2D eigenvalue weighted by Gasteiger charge is 2.19. The van der Waals surface area contributed by atoms with Gasteiger partial charge in [-0.25, -0.2) is 4.98 Å². The summed E-state index contributed by atoms with van der Waals surface area (Å²) in [5, 5.41) is 4.64. The molecule has 1 N–H and O–H groups in total. The van der Waals surface area contributed by atoms with Gasteiger partial charge in [-0.2, -0.15) is 4.98 Å². The first-order valence-corrected chi connectivity index (χ1v) is 9.59. The van der Waals surface area contributed by atoms with Crippen molar-refractivity contribution < 1.29 is 0 Å². The molecule has 4 nitrogen and oxygen atoms in total. The molecule has 0 aliphatic carbocycles. The number of aromatic nitrogens is 2. The quantitative estimate of drug-likeness (QED) is 0.737. The molecular weight excluding hydrogens is 320 g/mol. The molecule has 1 fully saturated rings. The summed E-state index contributed by atoms with van der Waals surface area (Å²) in [5.74, 6) is 2.60. The van der Waals surface area contributed by atoms with Crippen molar-refractivity contribution in [2.24, 2.45) is 5.92 Å². The first kappa shape index (κ1) is 16.8. The van der Waals surface area contributed by atoms with Crippen LogP contribution in [0.3, 0.4) is 0 Å². The molecular formula is C22H26N4. The number of nitrogens with one attached hydrogen (secondary N) is 1. The van der Waals surface area contributed by atoms with E-state index in [0.717, 1.165) is 54.6 Å². The van der Waals surface area contributed by atoms with Crippen LogP contribution < -0.4 is 10.2 Å². The Hall–Kier alpha value is -2.62. The van der Waals surface area contributed by atoms with Crippen LogP contribution in [0.15, 0.2) is 54.6 Å². The van der Waals surface area contributed by atoms with Crippen LogP contribution in [0, 0.1) is 5.92 Å². The fourth-order valence-electron chi connectivity index (χ4n) is 3.52. The van der Waals surface area contributed by atoms with Crippen LogP contribution in [0.25, 0.3) is 10.9 Å². The molecule has 0 saturated carbocycles. The van der Waals surface area contributed by atoms with E-state index in [4.69, 9.17) is 9.97 Å². The predicted octanol–water partition coefficient (Wildman–Crippen LogP) is 4.52. The van der Waals surface area contributed by atoms with Crippen molar-refractivity contribution in [1.82, 2.24) is 9.97 Å². The highest BCUT2D eigenvalue weighted by molar-refractivity contribution is 5.90. The van der Waals surface area contributed by atoms with Crippen LogP contribution in [-0.4, -0.2) is 29.6 Å². The molecule has 0 unspecified atom stereocenters. The molecule has 1 aliphatic heterocycles. The van der Waals surface area contributed by atoms with Gasteiger partial charge in [0.1, 0.15) is 5.82 Å². The van der Waals surface area contributed by atoms with Crippen molar-refractivity contribution in [2.45, 2.75) is 26.2 Å². The summed E-state index contributed by atoms with van der Waals surface area (Å²) < 4.78 is 0. The SMILES string of the molecule is CC1CCN(c2nc(NCCc3ccccc3)c3ccccc3n2)CC1. The average Bonchev–Trinajstić information content (AvgIpc) is 2.69. The van der Waals surface area contributed by atoms with E-state index < -0.39 is 0 Å². The molecule has 2 aromatic carbocycles. The van der Waals surface area contributed by atoms with Gasteiger partial charge >= 0.3 is 0 Å². The lowest BCUT2D eigenvalue weighted by atomic mass is 10.00. The first-order chi connectivity index (χ1) is 12.8. The van der Waals surface area contributed by atoms with Crippen molar-refractivity contribution in [1.29, 1.82) is 0 Å². The van der Waals surface area contributed by atoms with Gasteiger partial charge in [-0.05, 0) is 42.9 Å². The fourth-order valence-corrected chi connectivity index (χ4v) is 3.52. The third-order valence-corrected chi connectivity index (χ3v) is 5.21. The lowest BCUT2D eigenvalue weighted by Gasteiger charge is -2.30. The minimum absolute atomic E-state index is 0.801. The fraction of sp³-hybridized carbons (Fsp3) is 0.364. The van der Waals surface area contributed by atoms with E-state index in [1.165, 1.54) is 18.4 Å². The Bertz CT molecular complexity index is 854. The zero-order valence-corrected chi connectivity index (χ0v) is 15.4. The van der Waals surface area contributed by atoms with E-state index in [2.05, 4.69) is 65.7 Å². The Morgan fingerprint density at radius 2 is 1.69 bits per heavy atom. The van der Waals surface area contributed by atoms with E-state index in [-0.39, 0.29) is 0 Å². The number of anilines is 2. The van der Waals surface area contributed by atoms with Crippen LogP contribution in [0.5, 0.6) is 0 Å². The van der Waals surface area contributed by atoms with Gasteiger partial charge in [-0.3, -0.25) is 0 Å². The predicted molar refractivity (Wildman–Crippen MR) is 109 cm³/mol. The van der Waals surface area contributed by atoms with Crippen LogP contribution in [0.4, 0.5) is 11.8 Å². The van der Waals surface area contributed by atoms with Crippen molar-refractivity contribution >= 4 is 22.7 Å². The number of para-hydroxylation sites is 1. The molecule has 3 aromatic rings. The maximum atomic E-state index is 4.88. The maximum Gasteiger partial charge on any atom is 0.227 e. The Balaban J connectivity index is 1.56. The van der Waals surface area contributed by atoms with Gasteiger partial charge in [0.25, 0.3) is 0 Å². The maximum absolute atomic E-state index is 4.88. The van der Waals surface area contributed by atoms with Crippen molar-refractivity contribution in [2.75, 3.05) is 29.9 Å². The summed E-state index contributed by atoms with van der Waals surface area (Å²) in [5.41, 5.74) is 2.35. The van der Waals surface area contributed by atoms with Crippen LogP contribution in [-0.2, 0) is 6.42 Å². The molecule has 0 radical (unpaired) electrons. The van der Waals surface area contributed by atoms with Gasteiger partial charge < -0.3 is 10.2 Å². The molecule has 0 spiro atoms. The highest BCUT2D eigenvalue weighted by atomic mass is 15.3. The van der Waals surface area contributed by atoms with Crippen LogP contribution >= 0.6 is 0 Å². The highest BCUT2D eigenvalue weighted by Crippen LogP contribution is 2.26. The lowest BCUT2D eigenvalue weighted by Crippen LogP contribution is -2.34. The zero-order valence-electron chi connectivity index (χ0n) is 15.4. The molecule has 0 atom stereocenters.